The van der Waals surface area contributed by atoms with Gasteiger partial charge in [0.25, 0.3) is 0 Å². The van der Waals surface area contributed by atoms with Crippen molar-refractivity contribution in [2.24, 2.45) is 0 Å². The molecule has 0 aliphatic rings. The van der Waals surface area contributed by atoms with E-state index in [0.717, 1.165) is 12.6 Å². The van der Waals surface area contributed by atoms with Crippen LogP contribution in [0.4, 0.5) is 4.39 Å². The van der Waals surface area contributed by atoms with Gasteiger partial charge in [-0.2, -0.15) is 0 Å². The highest BCUT2D eigenvalue weighted by Crippen LogP contribution is 1.44. The summed E-state index contributed by atoms with van der Waals surface area (Å²) in [6, 6.07) is 1.61. The summed E-state index contributed by atoms with van der Waals surface area (Å²) in [5, 5.41) is 1.66. The van der Waals surface area contributed by atoms with E-state index in [9.17, 15) is 4.39 Å². The molecule has 0 fully saturated rings. The quantitative estimate of drug-likeness (QED) is 0.339. The lowest BCUT2D eigenvalue weighted by molar-refractivity contribution is 0.551. The lowest BCUT2D eigenvalue weighted by atomic mass is 11.1. The predicted octanol–water partition coefficient (Wildman–Crippen LogP) is -0.469. The van der Waals surface area contributed by atoms with Gasteiger partial charge in [0.05, 0.1) is 0 Å². The number of rotatable bonds is 1. The standard InChI is InChI=1S/C3HFNO/c4-1-2-5-3-6/h(H,5,6). The average Bonchev–Trinajstić information content (AvgIpc) is 1.61. The Morgan fingerprint density at radius 3 is 2.50 bits per heavy atom. The zero-order chi connectivity index (χ0) is 4.83. The van der Waals surface area contributed by atoms with Gasteiger partial charge in [0.2, 0.25) is 0 Å². The van der Waals surface area contributed by atoms with E-state index in [2.05, 4.69) is 0 Å². The first-order valence-electron chi connectivity index (χ1n) is 1.14. The Morgan fingerprint density at radius 2 is 2.33 bits per heavy atom. The van der Waals surface area contributed by atoms with E-state index >= 15 is 0 Å². The summed E-state index contributed by atoms with van der Waals surface area (Å²) in [6.45, 7) is 0. The van der Waals surface area contributed by atoms with Gasteiger partial charge in [0.1, 0.15) is 6.17 Å². The van der Waals surface area contributed by atoms with E-state index in [0.29, 0.717) is 0 Å². The van der Waals surface area contributed by atoms with Gasteiger partial charge in [-0.05, 0) is 0 Å². The van der Waals surface area contributed by atoms with E-state index in [4.69, 9.17) is 4.79 Å². The Labute approximate surface area is 34.3 Å². The van der Waals surface area contributed by atoms with Gasteiger partial charge in [0, 0.05) is 6.04 Å². The molecule has 0 aromatic rings. The summed E-state index contributed by atoms with van der Waals surface area (Å²) < 4.78 is 10.6. The largest absolute Gasteiger partial charge is 0.321 e. The smallest absolute Gasteiger partial charge is 0.275 e. The molecule has 0 aliphatic heterocycles. The summed E-state index contributed by atoms with van der Waals surface area (Å²) in [6.07, 6.45) is 2.10. The fourth-order valence-corrected chi connectivity index (χ4v) is 0.0491. The lowest BCUT2D eigenvalue weighted by Gasteiger charge is -1.63. The SMILES string of the molecule is O=[C]NC#CF. The molecule has 3 heteroatoms. The number of hydrogen-bond acceptors (Lipinski definition) is 1. The molecule has 6 heavy (non-hydrogen) atoms. The number of carbonyl (C=O) groups excluding carboxylic acids is 1. The Morgan fingerprint density at radius 1 is 1.67 bits per heavy atom. The van der Waals surface area contributed by atoms with Crippen LogP contribution in [0.3, 0.4) is 0 Å². The summed E-state index contributed by atoms with van der Waals surface area (Å²) in [5.74, 6) is 0. The summed E-state index contributed by atoms with van der Waals surface area (Å²) in [4.78, 5) is 9.06. The number of nitrogens with one attached hydrogen (secondary N) is 1. The normalized spacial score (nSPS) is 4.83. The Bertz CT molecular complexity index is 90.7. The van der Waals surface area contributed by atoms with Crippen LogP contribution in [-0.2, 0) is 4.79 Å². The fraction of sp³-hybridized carbons (Fsp3) is 0. The Hall–Kier alpha value is -1.04. The van der Waals surface area contributed by atoms with Crippen molar-refractivity contribution in [3.8, 4) is 12.2 Å². The minimum absolute atomic E-state index is 0.945. The van der Waals surface area contributed by atoms with Crippen molar-refractivity contribution in [2.75, 3.05) is 0 Å². The Kier molecular flexibility index (Phi) is 3.27. The van der Waals surface area contributed by atoms with Crippen LogP contribution in [0.1, 0.15) is 0 Å². The first-order valence-corrected chi connectivity index (χ1v) is 1.14. The molecule has 0 saturated heterocycles. The summed E-state index contributed by atoms with van der Waals surface area (Å²) >= 11 is 0. The van der Waals surface area contributed by atoms with E-state index in [1.165, 1.54) is 0 Å². The lowest BCUT2D eigenvalue weighted by Crippen LogP contribution is -1.98. The fourth-order valence-electron chi connectivity index (χ4n) is 0.0491. The van der Waals surface area contributed by atoms with Crippen molar-refractivity contribution >= 4 is 6.41 Å². The van der Waals surface area contributed by atoms with Crippen LogP contribution in [0, 0.1) is 12.2 Å². The predicted molar refractivity (Wildman–Crippen MR) is 17.7 cm³/mol. The highest BCUT2D eigenvalue weighted by atomic mass is 19.1. The van der Waals surface area contributed by atoms with Crippen molar-refractivity contribution in [3.63, 3.8) is 0 Å². The van der Waals surface area contributed by atoms with Crippen LogP contribution in [0.5, 0.6) is 0 Å². The van der Waals surface area contributed by atoms with Gasteiger partial charge < -0.3 is 0 Å². The van der Waals surface area contributed by atoms with Gasteiger partial charge in [-0.25, -0.2) is 0 Å². The molecular formula is C3HFNO. The topological polar surface area (TPSA) is 29.1 Å². The van der Waals surface area contributed by atoms with Gasteiger partial charge in [-0.15, -0.1) is 4.39 Å². The molecule has 1 N–H and O–H groups in total. The highest BCUT2D eigenvalue weighted by molar-refractivity contribution is 5.50. The second-order valence-corrected chi connectivity index (χ2v) is 0.447. The van der Waals surface area contributed by atoms with E-state index in [1.54, 1.807) is 11.4 Å². The highest BCUT2D eigenvalue weighted by Gasteiger charge is 1.59. The molecule has 0 aromatic heterocycles. The number of hydrogen-bond donors (Lipinski definition) is 1. The molecule has 0 aromatic carbocycles. The third kappa shape index (κ3) is 2.96. The second kappa shape index (κ2) is 3.96. The summed E-state index contributed by atoms with van der Waals surface area (Å²) in [7, 11) is 0. The molecule has 2 nitrogen and oxygen atoms in total. The molecule has 0 heterocycles. The van der Waals surface area contributed by atoms with Crippen LogP contribution in [-0.4, -0.2) is 6.41 Å². The van der Waals surface area contributed by atoms with Crippen molar-refractivity contribution in [2.45, 2.75) is 0 Å². The maximum atomic E-state index is 10.6. The van der Waals surface area contributed by atoms with Crippen LogP contribution in [0.15, 0.2) is 0 Å². The average molecular weight is 86.0 g/mol. The molecule has 0 bridgehead atoms. The third-order valence-corrected chi connectivity index (χ3v) is 0.161. The van der Waals surface area contributed by atoms with E-state index < -0.39 is 0 Å². The minimum Gasteiger partial charge on any atom is -0.275 e. The van der Waals surface area contributed by atoms with Gasteiger partial charge >= 0.3 is 6.41 Å². The number of amides is 1. The number of halogens is 1. The third-order valence-electron chi connectivity index (χ3n) is 0.161. The first-order chi connectivity index (χ1) is 2.91. The zero-order valence-corrected chi connectivity index (χ0v) is 2.79. The molecule has 0 aliphatic carbocycles. The van der Waals surface area contributed by atoms with Crippen molar-refractivity contribution < 1.29 is 9.18 Å². The van der Waals surface area contributed by atoms with Crippen molar-refractivity contribution in [1.82, 2.24) is 5.32 Å². The molecule has 0 rings (SSSR count). The molecule has 1 radical (unpaired) electrons. The zero-order valence-electron chi connectivity index (χ0n) is 2.79. The molecule has 1 amide bonds. The van der Waals surface area contributed by atoms with Crippen molar-refractivity contribution in [1.29, 1.82) is 0 Å². The second-order valence-electron chi connectivity index (χ2n) is 0.447. The molecule has 0 saturated carbocycles. The van der Waals surface area contributed by atoms with E-state index in [-0.39, 0.29) is 0 Å². The van der Waals surface area contributed by atoms with Crippen molar-refractivity contribution in [3.05, 3.63) is 0 Å². The molecule has 31 valence electrons. The first kappa shape index (κ1) is 4.96. The molecule has 0 spiro atoms. The van der Waals surface area contributed by atoms with Crippen LogP contribution < -0.4 is 5.32 Å². The summed E-state index contributed by atoms with van der Waals surface area (Å²) in [5.41, 5.74) is 0. The molecular weight excluding hydrogens is 85.0 g/mol. The molecule has 0 unspecified atom stereocenters. The maximum Gasteiger partial charge on any atom is 0.321 e. The minimum atomic E-state index is 0.945. The Balaban J connectivity index is 3.00. The molecule has 0 atom stereocenters. The van der Waals surface area contributed by atoms with Gasteiger partial charge in [-0.3, -0.25) is 10.1 Å². The maximum absolute atomic E-state index is 10.6. The van der Waals surface area contributed by atoms with Crippen LogP contribution in [0.25, 0.3) is 0 Å². The van der Waals surface area contributed by atoms with Crippen LogP contribution in [0.2, 0.25) is 0 Å². The van der Waals surface area contributed by atoms with Crippen LogP contribution >= 0.6 is 0 Å². The van der Waals surface area contributed by atoms with E-state index in [1.807, 2.05) is 0 Å². The monoisotopic (exact) mass is 86.0 g/mol. The van der Waals surface area contributed by atoms with Gasteiger partial charge in [-0.1, -0.05) is 0 Å². The van der Waals surface area contributed by atoms with Gasteiger partial charge in [0.15, 0.2) is 0 Å².